The molecule has 1 aromatic heterocycles. The fraction of sp³-hybridized carbons (Fsp3) is 0.100. The molecule has 1 heterocycles. The predicted octanol–water partition coefficient (Wildman–Crippen LogP) is 2.55. The average molecular weight is 191 g/mol. The summed E-state index contributed by atoms with van der Waals surface area (Å²) in [6.07, 6.45) is 0.540. The van der Waals surface area contributed by atoms with Gasteiger partial charge in [-0.25, -0.2) is 4.79 Å². The molecule has 1 aromatic carbocycles. The van der Waals surface area contributed by atoms with Crippen LogP contribution in [-0.2, 0) is 0 Å². The highest BCUT2D eigenvalue weighted by molar-refractivity contribution is 5.97. The van der Waals surface area contributed by atoms with Gasteiger partial charge in [0.15, 0.2) is 5.58 Å². The summed E-state index contributed by atoms with van der Waals surface area (Å²) in [6, 6.07) is 7.18. The minimum absolute atomic E-state index is 0.556. The summed E-state index contributed by atoms with van der Waals surface area (Å²) in [5.41, 5.74) is 1.15. The van der Waals surface area contributed by atoms with E-state index in [4.69, 9.17) is 9.52 Å². The molecule has 0 aliphatic carbocycles. The quantitative estimate of drug-likeness (QED) is 0.753. The van der Waals surface area contributed by atoms with Crippen molar-refractivity contribution < 1.29 is 14.3 Å². The zero-order chi connectivity index (χ0) is 10.1. The van der Waals surface area contributed by atoms with E-state index in [9.17, 15) is 4.79 Å². The standard InChI is InChI=1S/C10H9NO3/c1-11(10(12)13)8-4-2-3-7-5-6-14-9(7)8/h2-6H,1H3,(H,12,13). The van der Waals surface area contributed by atoms with Crippen molar-refractivity contribution in [2.24, 2.45) is 0 Å². The van der Waals surface area contributed by atoms with Crippen molar-refractivity contribution in [2.45, 2.75) is 0 Å². The van der Waals surface area contributed by atoms with Crippen LogP contribution in [0.5, 0.6) is 0 Å². The zero-order valence-corrected chi connectivity index (χ0v) is 7.60. The lowest BCUT2D eigenvalue weighted by Crippen LogP contribution is -2.23. The second kappa shape index (κ2) is 3.06. The fourth-order valence-electron chi connectivity index (χ4n) is 1.34. The first kappa shape index (κ1) is 8.62. The van der Waals surface area contributed by atoms with Crippen molar-refractivity contribution in [3.05, 3.63) is 30.5 Å². The third kappa shape index (κ3) is 1.21. The molecule has 0 radical (unpaired) electrons. The molecule has 0 unspecified atom stereocenters. The van der Waals surface area contributed by atoms with Gasteiger partial charge >= 0.3 is 6.09 Å². The van der Waals surface area contributed by atoms with Crippen molar-refractivity contribution in [3.8, 4) is 0 Å². The van der Waals surface area contributed by atoms with Crippen LogP contribution in [0.25, 0.3) is 11.0 Å². The van der Waals surface area contributed by atoms with E-state index in [1.54, 1.807) is 24.5 Å². The Hall–Kier alpha value is -1.97. The second-order valence-electron chi connectivity index (χ2n) is 2.96. The van der Waals surface area contributed by atoms with Gasteiger partial charge in [-0.1, -0.05) is 12.1 Å². The molecule has 0 fully saturated rings. The third-order valence-corrected chi connectivity index (χ3v) is 2.11. The smallest absolute Gasteiger partial charge is 0.411 e. The number of rotatable bonds is 1. The van der Waals surface area contributed by atoms with Crippen LogP contribution in [0, 0.1) is 0 Å². The van der Waals surface area contributed by atoms with Gasteiger partial charge in [0.05, 0.1) is 12.0 Å². The number of carbonyl (C=O) groups is 1. The average Bonchev–Trinajstić information content (AvgIpc) is 2.63. The molecular weight excluding hydrogens is 182 g/mol. The predicted molar refractivity (Wildman–Crippen MR) is 52.6 cm³/mol. The molecule has 0 saturated carbocycles. The van der Waals surface area contributed by atoms with Crippen LogP contribution in [0.2, 0.25) is 0 Å². The number of carboxylic acid groups (broad SMARTS) is 1. The summed E-state index contributed by atoms with van der Waals surface area (Å²) >= 11 is 0. The Bertz CT molecular complexity index is 475. The molecule has 0 aliphatic rings. The van der Waals surface area contributed by atoms with Crippen molar-refractivity contribution in [1.82, 2.24) is 0 Å². The maximum Gasteiger partial charge on any atom is 0.411 e. The van der Waals surface area contributed by atoms with E-state index >= 15 is 0 Å². The molecule has 0 saturated heterocycles. The van der Waals surface area contributed by atoms with Gasteiger partial charge in [-0.05, 0) is 12.1 Å². The van der Waals surface area contributed by atoms with Crippen LogP contribution in [-0.4, -0.2) is 18.2 Å². The normalized spacial score (nSPS) is 10.4. The number of nitrogens with zero attached hydrogens (tertiary/aromatic N) is 1. The summed E-state index contributed by atoms with van der Waals surface area (Å²) in [4.78, 5) is 11.9. The minimum atomic E-state index is -1.01. The van der Waals surface area contributed by atoms with Crippen LogP contribution >= 0.6 is 0 Å². The molecule has 0 bridgehead atoms. The Morgan fingerprint density at radius 2 is 2.21 bits per heavy atom. The molecule has 14 heavy (non-hydrogen) atoms. The summed E-state index contributed by atoms with van der Waals surface area (Å²) in [5, 5.41) is 9.72. The van der Waals surface area contributed by atoms with E-state index in [1.807, 2.05) is 6.07 Å². The SMILES string of the molecule is CN(C(=O)O)c1cccc2ccoc12. The Kier molecular flexibility index (Phi) is 1.89. The third-order valence-electron chi connectivity index (χ3n) is 2.11. The molecular formula is C10H9NO3. The van der Waals surface area contributed by atoms with Gasteiger partial charge in [0.2, 0.25) is 0 Å². The number of furan rings is 1. The molecule has 2 rings (SSSR count). The number of amides is 1. The van der Waals surface area contributed by atoms with Crippen molar-refractivity contribution in [1.29, 1.82) is 0 Å². The lowest BCUT2D eigenvalue weighted by Gasteiger charge is -2.12. The molecule has 1 amide bonds. The molecule has 4 heteroatoms. The lowest BCUT2D eigenvalue weighted by atomic mass is 10.2. The van der Waals surface area contributed by atoms with Crippen LogP contribution in [0.15, 0.2) is 34.9 Å². The van der Waals surface area contributed by atoms with Crippen LogP contribution in [0.1, 0.15) is 0 Å². The van der Waals surface area contributed by atoms with Crippen LogP contribution in [0.4, 0.5) is 10.5 Å². The van der Waals surface area contributed by atoms with E-state index in [0.717, 1.165) is 10.3 Å². The van der Waals surface area contributed by atoms with Gasteiger partial charge in [0.1, 0.15) is 0 Å². The summed E-state index contributed by atoms with van der Waals surface area (Å²) in [6.45, 7) is 0. The van der Waals surface area contributed by atoms with Gasteiger partial charge in [-0.2, -0.15) is 0 Å². The Morgan fingerprint density at radius 3 is 2.93 bits per heavy atom. The van der Waals surface area contributed by atoms with E-state index in [1.165, 1.54) is 7.05 Å². The lowest BCUT2D eigenvalue weighted by molar-refractivity contribution is 0.203. The van der Waals surface area contributed by atoms with Crippen LogP contribution in [0.3, 0.4) is 0 Å². The number of hydrogen-bond donors (Lipinski definition) is 1. The summed E-state index contributed by atoms with van der Waals surface area (Å²) in [7, 11) is 1.49. The summed E-state index contributed by atoms with van der Waals surface area (Å²) < 4.78 is 5.22. The Morgan fingerprint density at radius 1 is 1.43 bits per heavy atom. The molecule has 2 aromatic rings. The Labute approximate surface area is 80.4 Å². The maximum atomic E-state index is 10.7. The Balaban J connectivity index is 2.61. The van der Waals surface area contributed by atoms with E-state index in [0.29, 0.717) is 11.3 Å². The monoisotopic (exact) mass is 191 g/mol. The highest BCUT2D eigenvalue weighted by Crippen LogP contribution is 2.26. The van der Waals surface area contributed by atoms with Gasteiger partial charge in [0.25, 0.3) is 0 Å². The molecule has 1 N–H and O–H groups in total. The number of fused-ring (bicyclic) bond motifs is 1. The van der Waals surface area contributed by atoms with Crippen LogP contribution < -0.4 is 4.90 Å². The summed E-state index contributed by atoms with van der Waals surface area (Å²) in [5.74, 6) is 0. The van der Waals surface area contributed by atoms with Gasteiger partial charge in [0, 0.05) is 12.4 Å². The van der Waals surface area contributed by atoms with Crippen molar-refractivity contribution in [2.75, 3.05) is 11.9 Å². The number of hydrogen-bond acceptors (Lipinski definition) is 2. The minimum Gasteiger partial charge on any atom is -0.465 e. The largest absolute Gasteiger partial charge is 0.465 e. The topological polar surface area (TPSA) is 53.7 Å². The second-order valence-corrected chi connectivity index (χ2v) is 2.96. The van der Waals surface area contributed by atoms with E-state index in [2.05, 4.69) is 0 Å². The van der Waals surface area contributed by atoms with Gasteiger partial charge in [-0.15, -0.1) is 0 Å². The van der Waals surface area contributed by atoms with E-state index < -0.39 is 6.09 Å². The molecule has 0 spiro atoms. The molecule has 0 aliphatic heterocycles. The van der Waals surface area contributed by atoms with Gasteiger partial charge in [-0.3, -0.25) is 4.90 Å². The van der Waals surface area contributed by atoms with Crippen molar-refractivity contribution in [3.63, 3.8) is 0 Å². The highest BCUT2D eigenvalue weighted by Gasteiger charge is 2.13. The fourth-order valence-corrected chi connectivity index (χ4v) is 1.34. The highest BCUT2D eigenvalue weighted by atomic mass is 16.4. The molecule has 4 nitrogen and oxygen atoms in total. The van der Waals surface area contributed by atoms with E-state index in [-0.39, 0.29) is 0 Å². The first-order valence-electron chi connectivity index (χ1n) is 4.13. The first-order chi connectivity index (χ1) is 6.70. The van der Waals surface area contributed by atoms with Crippen molar-refractivity contribution >= 4 is 22.7 Å². The number of benzene rings is 1. The maximum absolute atomic E-state index is 10.7. The number of para-hydroxylation sites is 1. The zero-order valence-electron chi connectivity index (χ0n) is 7.60. The van der Waals surface area contributed by atoms with Gasteiger partial charge < -0.3 is 9.52 Å². The first-order valence-corrected chi connectivity index (χ1v) is 4.13. The molecule has 0 atom stereocenters. The number of anilines is 1. The molecule has 72 valence electrons.